The van der Waals surface area contributed by atoms with Crippen molar-refractivity contribution in [3.05, 3.63) is 85.8 Å². The zero-order valence-corrected chi connectivity index (χ0v) is 19.3. The van der Waals surface area contributed by atoms with E-state index in [0.29, 0.717) is 25.8 Å². The number of aromatic carboxylic acids is 1. The highest BCUT2D eigenvalue weighted by atomic mass is 79.9. The first-order valence-corrected chi connectivity index (χ1v) is 10.6. The quantitative estimate of drug-likeness (QED) is 0.342. The Morgan fingerprint density at radius 2 is 1.53 bits per heavy atom. The molecule has 0 aliphatic carbocycles. The molecule has 0 atom stereocenters. The molecule has 0 unspecified atom stereocenters. The lowest BCUT2D eigenvalue weighted by atomic mass is 9.96. The van der Waals surface area contributed by atoms with Crippen molar-refractivity contribution in [2.75, 3.05) is 0 Å². The van der Waals surface area contributed by atoms with E-state index >= 15 is 0 Å². The summed E-state index contributed by atoms with van der Waals surface area (Å²) in [6.07, 6.45) is 0. The first-order valence-electron chi connectivity index (χ1n) is 9.06. The Morgan fingerprint density at radius 1 is 0.933 bits per heavy atom. The van der Waals surface area contributed by atoms with Gasteiger partial charge in [0.2, 0.25) is 0 Å². The summed E-state index contributed by atoms with van der Waals surface area (Å²) in [6.45, 7) is 3.84. The molecule has 0 saturated heterocycles. The third-order valence-corrected chi connectivity index (χ3v) is 5.67. The molecule has 7 heteroatoms. The topological polar surface area (TPSA) is 83.8 Å². The van der Waals surface area contributed by atoms with Gasteiger partial charge >= 0.3 is 5.97 Å². The fourth-order valence-corrected chi connectivity index (χ4v) is 4.29. The second-order valence-corrected chi connectivity index (χ2v) is 8.64. The highest BCUT2D eigenvalue weighted by Gasteiger charge is 2.22. The van der Waals surface area contributed by atoms with Crippen molar-refractivity contribution in [3.8, 4) is 17.2 Å². The van der Waals surface area contributed by atoms with Crippen LogP contribution in [0.1, 0.15) is 51.6 Å². The van der Waals surface area contributed by atoms with E-state index in [0.717, 1.165) is 0 Å². The molecule has 30 heavy (non-hydrogen) atoms. The van der Waals surface area contributed by atoms with E-state index in [4.69, 9.17) is 4.74 Å². The minimum absolute atomic E-state index is 0.00510. The molecule has 0 aliphatic rings. The highest BCUT2D eigenvalue weighted by molar-refractivity contribution is 9.11. The van der Waals surface area contributed by atoms with Gasteiger partial charge < -0.3 is 14.9 Å². The number of aromatic hydroxyl groups is 1. The van der Waals surface area contributed by atoms with Crippen LogP contribution >= 0.6 is 31.9 Å². The van der Waals surface area contributed by atoms with E-state index in [-0.39, 0.29) is 34.3 Å². The summed E-state index contributed by atoms with van der Waals surface area (Å²) in [4.78, 5) is 24.4. The van der Waals surface area contributed by atoms with E-state index in [2.05, 4.69) is 31.9 Å². The average molecular weight is 534 g/mol. The molecule has 154 valence electrons. The van der Waals surface area contributed by atoms with Gasteiger partial charge in [-0.1, -0.05) is 44.2 Å². The van der Waals surface area contributed by atoms with Gasteiger partial charge in [-0.25, -0.2) is 4.79 Å². The Balaban J connectivity index is 2.15. The van der Waals surface area contributed by atoms with Crippen LogP contribution in [0.4, 0.5) is 0 Å². The monoisotopic (exact) mass is 532 g/mol. The number of phenols is 1. The minimum atomic E-state index is -1.07. The number of ether oxygens (including phenoxy) is 1. The molecule has 0 saturated carbocycles. The van der Waals surface area contributed by atoms with Crippen LogP contribution in [0.2, 0.25) is 0 Å². The van der Waals surface area contributed by atoms with Crippen molar-refractivity contribution < 1.29 is 24.5 Å². The molecule has 0 bridgehead atoms. The van der Waals surface area contributed by atoms with Crippen molar-refractivity contribution in [1.82, 2.24) is 0 Å². The Hall–Kier alpha value is -2.64. The van der Waals surface area contributed by atoms with Gasteiger partial charge in [-0.15, -0.1) is 0 Å². The van der Waals surface area contributed by atoms with E-state index in [1.54, 1.807) is 30.3 Å². The maximum atomic E-state index is 13.1. The second-order valence-electron chi connectivity index (χ2n) is 6.93. The fourth-order valence-electron chi connectivity index (χ4n) is 2.94. The number of carbonyl (C=O) groups is 2. The normalized spacial score (nSPS) is 10.8. The van der Waals surface area contributed by atoms with Crippen LogP contribution in [0.5, 0.6) is 17.2 Å². The summed E-state index contributed by atoms with van der Waals surface area (Å²) < 4.78 is 6.89. The summed E-state index contributed by atoms with van der Waals surface area (Å²) in [5.74, 6) is -0.789. The Labute approximate surface area is 190 Å². The summed E-state index contributed by atoms with van der Waals surface area (Å²) in [5.41, 5.74) is 1.36. The number of carboxylic acids is 1. The average Bonchev–Trinajstić information content (AvgIpc) is 2.71. The van der Waals surface area contributed by atoms with Gasteiger partial charge in [-0.05, 0) is 62.0 Å². The maximum Gasteiger partial charge on any atom is 0.335 e. The number of carbonyl (C=O) groups excluding carboxylic acids is 1. The van der Waals surface area contributed by atoms with Crippen LogP contribution in [0.25, 0.3) is 0 Å². The number of halogens is 2. The number of rotatable bonds is 6. The lowest BCUT2D eigenvalue weighted by Crippen LogP contribution is -2.06. The predicted molar refractivity (Wildman–Crippen MR) is 121 cm³/mol. The third-order valence-electron chi connectivity index (χ3n) is 4.49. The molecule has 0 aromatic heterocycles. The molecule has 0 spiro atoms. The van der Waals surface area contributed by atoms with Crippen LogP contribution in [0.15, 0.2) is 63.5 Å². The molecule has 0 amide bonds. The van der Waals surface area contributed by atoms with E-state index in [1.807, 2.05) is 19.9 Å². The van der Waals surface area contributed by atoms with Crippen LogP contribution in [-0.4, -0.2) is 22.0 Å². The summed E-state index contributed by atoms with van der Waals surface area (Å²) in [5, 5.41) is 19.7. The number of carboxylic acid groups (broad SMARTS) is 1. The van der Waals surface area contributed by atoms with Crippen molar-refractivity contribution in [2.45, 2.75) is 19.8 Å². The van der Waals surface area contributed by atoms with Gasteiger partial charge in [0.15, 0.2) is 11.5 Å². The van der Waals surface area contributed by atoms with Crippen molar-refractivity contribution in [1.29, 1.82) is 0 Å². The largest absolute Gasteiger partial charge is 0.508 e. The van der Waals surface area contributed by atoms with Crippen molar-refractivity contribution in [3.63, 3.8) is 0 Å². The van der Waals surface area contributed by atoms with Crippen LogP contribution in [-0.2, 0) is 0 Å². The zero-order chi connectivity index (χ0) is 22.0. The molecule has 3 aromatic rings. The van der Waals surface area contributed by atoms with Gasteiger partial charge in [0.25, 0.3) is 0 Å². The van der Waals surface area contributed by atoms with Gasteiger partial charge in [-0.2, -0.15) is 0 Å². The maximum absolute atomic E-state index is 13.1. The SMILES string of the molecule is CC(C)c1cc(Oc2c(Br)cc(C(=O)O)cc2Br)c(C(=O)c2ccccc2)cc1O. The summed E-state index contributed by atoms with van der Waals surface area (Å²) in [6, 6.07) is 14.6. The number of phenolic OH excluding ortho intramolecular Hbond substituents is 1. The number of hydrogen-bond acceptors (Lipinski definition) is 4. The number of hydrogen-bond donors (Lipinski definition) is 2. The standard InChI is InChI=1S/C23H18Br2O5/c1-12(2)15-11-20(30-22-17(24)8-14(23(28)29)9-18(22)25)16(10-19(15)26)21(27)13-6-4-3-5-7-13/h3-12,26H,1-2H3,(H,28,29). The van der Waals surface area contributed by atoms with Crippen molar-refractivity contribution >= 4 is 43.6 Å². The Kier molecular flexibility index (Phi) is 6.63. The van der Waals surface area contributed by atoms with Crippen LogP contribution in [0.3, 0.4) is 0 Å². The first kappa shape index (κ1) is 22.1. The van der Waals surface area contributed by atoms with E-state index < -0.39 is 5.97 Å². The van der Waals surface area contributed by atoms with Crippen LogP contribution < -0.4 is 4.74 Å². The van der Waals surface area contributed by atoms with Crippen molar-refractivity contribution in [2.24, 2.45) is 0 Å². The molecule has 0 heterocycles. The zero-order valence-electron chi connectivity index (χ0n) is 16.1. The number of benzene rings is 3. The van der Waals surface area contributed by atoms with Crippen LogP contribution in [0, 0.1) is 0 Å². The van der Waals surface area contributed by atoms with Gasteiger partial charge in [0.05, 0.1) is 20.1 Å². The molecular formula is C23H18Br2O5. The number of ketones is 1. The van der Waals surface area contributed by atoms with E-state index in [1.165, 1.54) is 18.2 Å². The van der Waals surface area contributed by atoms with E-state index in [9.17, 15) is 19.8 Å². The third kappa shape index (κ3) is 4.57. The molecule has 5 nitrogen and oxygen atoms in total. The smallest absolute Gasteiger partial charge is 0.335 e. The molecule has 2 N–H and O–H groups in total. The summed E-state index contributed by atoms with van der Waals surface area (Å²) >= 11 is 6.68. The lowest BCUT2D eigenvalue weighted by molar-refractivity contribution is 0.0696. The molecular weight excluding hydrogens is 516 g/mol. The molecule has 3 rings (SSSR count). The Morgan fingerprint density at radius 3 is 2.07 bits per heavy atom. The minimum Gasteiger partial charge on any atom is -0.508 e. The second kappa shape index (κ2) is 9.02. The predicted octanol–water partition coefficient (Wildman–Crippen LogP) is 6.76. The molecule has 0 radical (unpaired) electrons. The van der Waals surface area contributed by atoms with Gasteiger partial charge in [-0.3, -0.25) is 4.79 Å². The Bertz CT molecular complexity index is 1100. The fraction of sp³-hybridized carbons (Fsp3) is 0.130. The van der Waals surface area contributed by atoms with Gasteiger partial charge in [0, 0.05) is 11.1 Å². The molecule has 0 aliphatic heterocycles. The molecule has 0 fully saturated rings. The van der Waals surface area contributed by atoms with Gasteiger partial charge in [0.1, 0.15) is 11.5 Å². The summed E-state index contributed by atoms with van der Waals surface area (Å²) in [7, 11) is 0. The highest BCUT2D eigenvalue weighted by Crippen LogP contribution is 2.41. The molecule has 3 aromatic carbocycles. The lowest BCUT2D eigenvalue weighted by Gasteiger charge is -2.17. The first-order chi connectivity index (χ1) is 14.2.